The molecule has 242 valence electrons. The first-order chi connectivity index (χ1) is 22.3. The second kappa shape index (κ2) is 18.2. The van der Waals surface area contributed by atoms with Crippen molar-refractivity contribution in [3.05, 3.63) is 140 Å². The van der Waals surface area contributed by atoms with Gasteiger partial charge in [0.2, 0.25) is 23.1 Å². The first kappa shape index (κ1) is 38.1. The van der Waals surface area contributed by atoms with Gasteiger partial charge in [-0.1, -0.05) is 74.4 Å². The van der Waals surface area contributed by atoms with E-state index in [0.29, 0.717) is 20.1 Å². The summed E-state index contributed by atoms with van der Waals surface area (Å²) in [6, 6.07) is 17.3. The number of benzene rings is 4. The van der Waals surface area contributed by atoms with Crippen LogP contribution in [0.15, 0.2) is 107 Å². The summed E-state index contributed by atoms with van der Waals surface area (Å²) in [4.78, 5) is 49.2. The van der Waals surface area contributed by atoms with Gasteiger partial charge < -0.3 is 20.4 Å². The summed E-state index contributed by atoms with van der Waals surface area (Å²) in [5.41, 5.74) is 0.960. The van der Waals surface area contributed by atoms with Crippen molar-refractivity contribution in [1.29, 1.82) is 0 Å². The minimum Gasteiger partial charge on any atom is -0.507 e. The zero-order valence-electron chi connectivity index (χ0n) is 25.7. The van der Waals surface area contributed by atoms with Crippen LogP contribution in [0.4, 0.5) is 0 Å². The van der Waals surface area contributed by atoms with E-state index in [1.807, 2.05) is 20.8 Å². The Balaban J connectivity index is 0.000000306. The van der Waals surface area contributed by atoms with Gasteiger partial charge in [0.1, 0.15) is 23.0 Å². The zero-order valence-corrected chi connectivity index (χ0v) is 28.9. The molecule has 0 saturated heterocycles. The minimum absolute atomic E-state index is 0.0913. The van der Waals surface area contributed by atoms with Crippen LogP contribution in [-0.2, 0) is 0 Å². The molecule has 10 heteroatoms. The number of allylic oxidation sites excluding steroid dienone is 3. The molecule has 0 aromatic heterocycles. The third kappa shape index (κ3) is 10.5. The van der Waals surface area contributed by atoms with Crippen LogP contribution in [0.5, 0.6) is 23.0 Å². The van der Waals surface area contributed by atoms with Crippen LogP contribution >= 0.6 is 31.9 Å². The molecular weight excluding hydrogens is 732 g/mol. The van der Waals surface area contributed by atoms with Crippen LogP contribution in [0, 0.1) is 0 Å². The van der Waals surface area contributed by atoms with Crippen molar-refractivity contribution in [3.63, 3.8) is 0 Å². The van der Waals surface area contributed by atoms with Gasteiger partial charge in [0, 0.05) is 8.95 Å². The number of hydrogen-bond donors (Lipinski definition) is 4. The molecule has 0 amide bonds. The SMILES string of the molecule is C/C=C/c1ccc(O)c(C(=O)C(=O)c2cc(/C=C/C)ccc2O)c1.C=CC.O=C(C(=O)c1cc(Br)ccc1O)c1cc(Br)ccc1O. The summed E-state index contributed by atoms with van der Waals surface area (Å²) < 4.78 is 1.12. The fourth-order valence-corrected chi connectivity index (χ4v) is 4.65. The number of phenolic OH excluding ortho intramolecular Hbond substituents is 4. The fraction of sp³-hybridized carbons (Fsp3) is 0.0811. The molecule has 0 bridgehead atoms. The number of phenols is 4. The van der Waals surface area contributed by atoms with Crippen LogP contribution in [0.3, 0.4) is 0 Å². The Labute approximate surface area is 289 Å². The second-order valence-electron chi connectivity index (χ2n) is 9.60. The summed E-state index contributed by atoms with van der Waals surface area (Å²) >= 11 is 6.33. The quantitative estimate of drug-likeness (QED) is 0.0789. The molecule has 0 fully saturated rings. The average molecular weight is 764 g/mol. The van der Waals surface area contributed by atoms with Crippen LogP contribution in [0.2, 0.25) is 0 Å². The van der Waals surface area contributed by atoms with Crippen molar-refractivity contribution in [1.82, 2.24) is 0 Å². The van der Waals surface area contributed by atoms with Gasteiger partial charge in [-0.05, 0) is 92.6 Å². The number of carbonyl (C=O) groups excluding carboxylic acids is 4. The molecule has 0 aliphatic heterocycles. The summed E-state index contributed by atoms with van der Waals surface area (Å²) in [5, 5.41) is 39.1. The first-order valence-corrected chi connectivity index (χ1v) is 15.5. The van der Waals surface area contributed by atoms with E-state index in [4.69, 9.17) is 0 Å². The topological polar surface area (TPSA) is 149 Å². The molecule has 4 aromatic carbocycles. The highest BCUT2D eigenvalue weighted by Crippen LogP contribution is 2.28. The molecule has 4 N–H and O–H groups in total. The number of aromatic hydroxyl groups is 4. The van der Waals surface area contributed by atoms with E-state index in [9.17, 15) is 39.6 Å². The lowest BCUT2D eigenvalue weighted by Gasteiger charge is -2.07. The van der Waals surface area contributed by atoms with Gasteiger partial charge in [0.25, 0.3) is 0 Å². The maximum Gasteiger partial charge on any atom is 0.237 e. The van der Waals surface area contributed by atoms with Gasteiger partial charge >= 0.3 is 0 Å². The highest BCUT2D eigenvalue weighted by atomic mass is 79.9. The maximum absolute atomic E-state index is 12.5. The molecule has 0 spiro atoms. The molecule has 0 atom stereocenters. The minimum atomic E-state index is -0.891. The Hall–Kier alpha value is -5.06. The molecule has 0 saturated carbocycles. The smallest absolute Gasteiger partial charge is 0.237 e. The normalized spacial score (nSPS) is 10.4. The van der Waals surface area contributed by atoms with Gasteiger partial charge in [-0.15, -0.1) is 6.58 Å². The average Bonchev–Trinajstić information content (AvgIpc) is 3.04. The van der Waals surface area contributed by atoms with E-state index >= 15 is 0 Å². The molecule has 47 heavy (non-hydrogen) atoms. The molecule has 4 aromatic rings. The van der Waals surface area contributed by atoms with Gasteiger partial charge in [-0.2, -0.15) is 0 Å². The molecule has 0 aliphatic carbocycles. The molecule has 0 heterocycles. The van der Waals surface area contributed by atoms with Gasteiger partial charge in [-0.25, -0.2) is 0 Å². The number of ketones is 4. The highest BCUT2D eigenvalue weighted by molar-refractivity contribution is 9.10. The van der Waals surface area contributed by atoms with Crippen LogP contribution < -0.4 is 0 Å². The summed E-state index contributed by atoms with van der Waals surface area (Å²) in [5.74, 6) is -4.65. The number of rotatable bonds is 8. The number of halogens is 2. The summed E-state index contributed by atoms with van der Waals surface area (Å²) in [7, 11) is 0. The Bertz CT molecular complexity index is 1740. The molecule has 4 rings (SSSR count). The fourth-order valence-electron chi connectivity index (χ4n) is 3.93. The standard InChI is InChI=1S/C20H18O4.C14H8Br2O4.C3H6/c1-3-5-13-7-9-17(21)15(11-13)19(23)20(24)16-12-14(6-4-2)8-10-18(16)22;15-7-1-3-11(17)9(5-7)13(19)14(20)10-6-8(16)2-4-12(10)18;1-3-2/h3-12,21-22H,1-2H3;1-6,17-18H;3H,1H2,2H3/b5-3+,6-4+;;. The predicted molar refractivity (Wildman–Crippen MR) is 190 cm³/mol. The van der Waals surface area contributed by atoms with Crippen molar-refractivity contribution >= 4 is 67.1 Å². The largest absolute Gasteiger partial charge is 0.507 e. The summed E-state index contributed by atoms with van der Waals surface area (Å²) in [6.07, 6.45) is 8.83. The number of carbonyl (C=O) groups is 4. The summed E-state index contributed by atoms with van der Waals surface area (Å²) in [6.45, 7) is 8.90. The maximum atomic E-state index is 12.5. The molecule has 0 unspecified atom stereocenters. The van der Waals surface area contributed by atoms with Crippen molar-refractivity contribution in [2.45, 2.75) is 20.8 Å². The Morgan fingerprint density at radius 2 is 0.766 bits per heavy atom. The third-order valence-electron chi connectivity index (χ3n) is 6.07. The van der Waals surface area contributed by atoms with Crippen molar-refractivity contribution < 1.29 is 39.6 Å². The third-order valence-corrected chi connectivity index (χ3v) is 7.05. The Kier molecular flexibility index (Phi) is 14.7. The zero-order chi connectivity index (χ0) is 35.3. The molecule has 0 radical (unpaired) electrons. The number of hydrogen-bond acceptors (Lipinski definition) is 8. The Morgan fingerprint density at radius 3 is 1.04 bits per heavy atom. The molecular formula is C37H32Br2O8. The lowest BCUT2D eigenvalue weighted by atomic mass is 9.97. The van der Waals surface area contributed by atoms with Crippen LogP contribution in [-0.4, -0.2) is 43.6 Å². The first-order valence-electron chi connectivity index (χ1n) is 13.9. The van der Waals surface area contributed by atoms with Crippen molar-refractivity contribution in [3.8, 4) is 23.0 Å². The van der Waals surface area contributed by atoms with E-state index in [1.54, 1.807) is 54.6 Å². The van der Waals surface area contributed by atoms with E-state index in [2.05, 4.69) is 38.4 Å². The van der Waals surface area contributed by atoms with Crippen LogP contribution in [0.1, 0.15) is 73.3 Å². The van der Waals surface area contributed by atoms with Crippen molar-refractivity contribution in [2.75, 3.05) is 0 Å². The molecule has 0 aliphatic rings. The van der Waals surface area contributed by atoms with Gasteiger partial charge in [-0.3, -0.25) is 19.2 Å². The predicted octanol–water partition coefficient (Wildman–Crippen LogP) is 9.11. The van der Waals surface area contributed by atoms with E-state index in [1.165, 1.54) is 48.5 Å². The monoisotopic (exact) mass is 762 g/mol. The second-order valence-corrected chi connectivity index (χ2v) is 11.4. The van der Waals surface area contributed by atoms with Gasteiger partial charge in [0.15, 0.2) is 0 Å². The number of Topliss-reactive ketones (excluding diaryl/α,β-unsaturated/α-hetero) is 4. The van der Waals surface area contributed by atoms with Crippen molar-refractivity contribution in [2.24, 2.45) is 0 Å². The Morgan fingerprint density at radius 1 is 0.511 bits per heavy atom. The van der Waals surface area contributed by atoms with Crippen LogP contribution in [0.25, 0.3) is 12.2 Å². The van der Waals surface area contributed by atoms with E-state index in [0.717, 1.165) is 0 Å². The highest BCUT2D eigenvalue weighted by Gasteiger charge is 2.25. The van der Waals surface area contributed by atoms with E-state index in [-0.39, 0.29) is 45.3 Å². The lowest BCUT2D eigenvalue weighted by molar-refractivity contribution is 0.0813. The van der Waals surface area contributed by atoms with E-state index < -0.39 is 23.1 Å². The molecule has 8 nitrogen and oxygen atoms in total. The van der Waals surface area contributed by atoms with Gasteiger partial charge in [0.05, 0.1) is 22.3 Å². The lowest BCUT2D eigenvalue weighted by Crippen LogP contribution is -2.15.